The van der Waals surface area contributed by atoms with Gasteiger partial charge in [-0.2, -0.15) is 5.06 Å². The minimum atomic E-state index is -0.279. The molecule has 1 saturated carbocycles. The normalized spacial score (nSPS) is 27.6. The maximum absolute atomic E-state index is 13.6. The quantitative estimate of drug-likeness (QED) is 0.309. The molecule has 2 aromatic rings. The van der Waals surface area contributed by atoms with Gasteiger partial charge in [0.25, 0.3) is 11.8 Å². The van der Waals surface area contributed by atoms with Crippen LogP contribution in [0.25, 0.3) is 0 Å². The van der Waals surface area contributed by atoms with E-state index in [4.69, 9.17) is 4.84 Å². The highest BCUT2D eigenvalue weighted by Gasteiger charge is 2.60. The number of hydrogen-bond donors (Lipinski definition) is 0. The fourth-order valence-electron chi connectivity index (χ4n) is 6.60. The Morgan fingerprint density at radius 3 is 1.81 bits per heavy atom. The lowest BCUT2D eigenvalue weighted by Gasteiger charge is -2.39. The number of fused-ring (bicyclic) bond motifs is 5. The molecule has 6 rings (SSSR count). The smallest absolute Gasteiger partial charge is 0.258 e. The van der Waals surface area contributed by atoms with Crippen molar-refractivity contribution in [2.75, 3.05) is 39.3 Å². The van der Waals surface area contributed by atoms with Gasteiger partial charge in [-0.05, 0) is 60.1 Å². The van der Waals surface area contributed by atoms with Gasteiger partial charge in [-0.25, -0.2) is 8.78 Å². The van der Waals surface area contributed by atoms with Crippen molar-refractivity contribution in [2.45, 2.75) is 18.9 Å². The molecular weight excluding hydrogens is 476 g/mol. The molecule has 2 saturated heterocycles. The van der Waals surface area contributed by atoms with Gasteiger partial charge in [-0.3, -0.25) is 19.3 Å². The number of hydroxylamine groups is 2. The molecule has 8 heteroatoms. The van der Waals surface area contributed by atoms with Crippen LogP contribution in [-0.2, 0) is 14.4 Å². The Labute approximate surface area is 215 Å². The van der Waals surface area contributed by atoms with Crippen LogP contribution >= 0.6 is 0 Å². The molecule has 4 atom stereocenters. The summed E-state index contributed by atoms with van der Waals surface area (Å²) in [5.41, 5.74) is 1.95. The number of hydrogen-bond acceptors (Lipinski definition) is 5. The second-order valence-corrected chi connectivity index (χ2v) is 10.5. The summed E-state index contributed by atoms with van der Waals surface area (Å²) in [5.74, 6) is -0.996. The van der Waals surface area contributed by atoms with Gasteiger partial charge < -0.3 is 4.90 Å². The van der Waals surface area contributed by atoms with Crippen LogP contribution in [-0.4, -0.2) is 66.0 Å². The van der Waals surface area contributed by atoms with Gasteiger partial charge in [-0.15, -0.1) is 0 Å². The number of carbonyl (C=O) groups excluding carboxylic acids is 2. The van der Waals surface area contributed by atoms with Crippen LogP contribution in [0.5, 0.6) is 0 Å². The van der Waals surface area contributed by atoms with Crippen molar-refractivity contribution in [2.24, 2.45) is 23.7 Å². The van der Waals surface area contributed by atoms with Crippen LogP contribution in [0.2, 0.25) is 0 Å². The zero-order chi connectivity index (χ0) is 25.5. The van der Waals surface area contributed by atoms with Crippen molar-refractivity contribution < 1.29 is 23.2 Å². The SMILES string of the molecule is O=C1C2C(C(=O)N1OCCCN1CCN(C(c3ccc(F)cc3)c3ccc(F)cc3)CC1)[C@H]1C=C[C@@H]2C1. The second-order valence-electron chi connectivity index (χ2n) is 10.5. The third-order valence-corrected chi connectivity index (χ3v) is 8.41. The molecule has 2 aliphatic carbocycles. The van der Waals surface area contributed by atoms with E-state index >= 15 is 0 Å². The summed E-state index contributed by atoms with van der Waals surface area (Å²) < 4.78 is 27.1. The first-order chi connectivity index (χ1) is 18.0. The summed E-state index contributed by atoms with van der Waals surface area (Å²) in [4.78, 5) is 35.9. The van der Waals surface area contributed by atoms with Crippen LogP contribution < -0.4 is 0 Å². The molecule has 3 fully saturated rings. The standard InChI is InChI=1S/C29H31F2N3O3/c30-23-8-4-19(5-9-23)27(20-6-10-24(31)11-7-20)33-15-13-32(14-16-33)12-1-17-37-34-28(35)25-21-2-3-22(18-21)26(25)29(34)36/h2-11,21-22,25-27H,1,12-18H2/t21-,22+,25?,26?. The van der Waals surface area contributed by atoms with Gasteiger partial charge in [0.1, 0.15) is 11.6 Å². The first-order valence-corrected chi connectivity index (χ1v) is 13.2. The molecule has 2 bridgehead atoms. The van der Waals surface area contributed by atoms with Crippen molar-refractivity contribution in [1.29, 1.82) is 0 Å². The number of benzene rings is 2. The maximum Gasteiger partial charge on any atom is 0.258 e. The zero-order valence-electron chi connectivity index (χ0n) is 20.6. The van der Waals surface area contributed by atoms with E-state index in [1.54, 1.807) is 24.3 Å². The molecule has 0 radical (unpaired) electrons. The first kappa shape index (κ1) is 24.4. The highest BCUT2D eigenvalue weighted by Crippen LogP contribution is 2.52. The van der Waals surface area contributed by atoms with Crippen LogP contribution in [0.1, 0.15) is 30.0 Å². The van der Waals surface area contributed by atoms with Crippen LogP contribution in [0.4, 0.5) is 8.78 Å². The van der Waals surface area contributed by atoms with Gasteiger partial charge in [-0.1, -0.05) is 36.4 Å². The molecule has 4 aliphatic rings. The van der Waals surface area contributed by atoms with Crippen LogP contribution in [0.3, 0.4) is 0 Å². The predicted octanol–water partition coefficient (Wildman–Crippen LogP) is 3.80. The number of piperazine rings is 1. The maximum atomic E-state index is 13.6. The van der Waals surface area contributed by atoms with Gasteiger partial charge in [0.05, 0.1) is 24.5 Å². The van der Waals surface area contributed by atoms with Crippen molar-refractivity contribution in [3.63, 3.8) is 0 Å². The number of imide groups is 1. The summed E-state index contributed by atoms with van der Waals surface area (Å²) >= 11 is 0. The Kier molecular flexibility index (Phi) is 6.65. The first-order valence-electron chi connectivity index (χ1n) is 13.2. The highest BCUT2D eigenvalue weighted by molar-refractivity contribution is 6.05. The highest BCUT2D eigenvalue weighted by atomic mass is 19.1. The average molecular weight is 508 g/mol. The Morgan fingerprint density at radius 1 is 0.784 bits per heavy atom. The number of halogens is 2. The second kappa shape index (κ2) is 10.1. The molecule has 37 heavy (non-hydrogen) atoms. The lowest BCUT2D eigenvalue weighted by atomic mass is 9.85. The number of carbonyl (C=O) groups is 2. The summed E-state index contributed by atoms with van der Waals surface area (Å²) in [6.07, 6.45) is 5.79. The predicted molar refractivity (Wildman–Crippen MR) is 133 cm³/mol. The topological polar surface area (TPSA) is 53.1 Å². The third-order valence-electron chi connectivity index (χ3n) is 8.41. The van der Waals surface area contributed by atoms with Crippen molar-refractivity contribution in [3.05, 3.63) is 83.4 Å². The van der Waals surface area contributed by atoms with E-state index in [1.807, 2.05) is 0 Å². The summed E-state index contributed by atoms with van der Waals surface area (Å²) in [6, 6.07) is 13.0. The summed E-state index contributed by atoms with van der Waals surface area (Å²) in [7, 11) is 0. The third kappa shape index (κ3) is 4.62. The molecule has 2 aromatic carbocycles. The molecule has 2 heterocycles. The molecule has 2 aliphatic heterocycles. The number of allylic oxidation sites excluding steroid dienone is 2. The lowest BCUT2D eigenvalue weighted by molar-refractivity contribution is -0.190. The lowest BCUT2D eigenvalue weighted by Crippen LogP contribution is -2.48. The van der Waals surface area contributed by atoms with E-state index in [0.717, 1.165) is 61.8 Å². The Bertz CT molecular complexity index is 1100. The summed E-state index contributed by atoms with van der Waals surface area (Å²) in [5, 5.41) is 1.04. The van der Waals surface area contributed by atoms with Crippen molar-refractivity contribution in [3.8, 4) is 0 Å². The van der Waals surface area contributed by atoms with Gasteiger partial charge in [0.15, 0.2) is 0 Å². The Balaban J connectivity index is 1.01. The molecule has 0 aromatic heterocycles. The van der Waals surface area contributed by atoms with E-state index in [2.05, 4.69) is 22.0 Å². The fourth-order valence-corrected chi connectivity index (χ4v) is 6.60. The summed E-state index contributed by atoms with van der Waals surface area (Å²) in [6.45, 7) is 4.44. The van der Waals surface area contributed by atoms with Gasteiger partial charge >= 0.3 is 0 Å². The average Bonchev–Trinajstić information content (AvgIpc) is 3.59. The number of amides is 2. The van der Waals surface area contributed by atoms with E-state index in [1.165, 1.54) is 24.3 Å². The van der Waals surface area contributed by atoms with Crippen LogP contribution in [0.15, 0.2) is 60.7 Å². The molecule has 2 unspecified atom stereocenters. The van der Waals surface area contributed by atoms with E-state index in [0.29, 0.717) is 6.61 Å². The largest absolute Gasteiger partial charge is 0.301 e. The minimum absolute atomic E-state index is 0.0805. The van der Waals surface area contributed by atoms with E-state index in [-0.39, 0.29) is 53.2 Å². The van der Waals surface area contributed by atoms with Crippen molar-refractivity contribution >= 4 is 11.8 Å². The number of nitrogens with zero attached hydrogens (tertiary/aromatic N) is 3. The Hall–Kier alpha value is -2.94. The van der Waals surface area contributed by atoms with E-state index < -0.39 is 0 Å². The van der Waals surface area contributed by atoms with Gasteiger partial charge in [0, 0.05) is 32.7 Å². The molecule has 2 amide bonds. The van der Waals surface area contributed by atoms with Crippen molar-refractivity contribution in [1.82, 2.24) is 14.9 Å². The van der Waals surface area contributed by atoms with Gasteiger partial charge in [0.2, 0.25) is 0 Å². The molecule has 0 spiro atoms. The zero-order valence-corrected chi connectivity index (χ0v) is 20.6. The monoisotopic (exact) mass is 507 g/mol. The number of rotatable bonds is 8. The molecule has 6 nitrogen and oxygen atoms in total. The molecule has 194 valence electrons. The van der Waals surface area contributed by atoms with Crippen LogP contribution in [0, 0.1) is 35.3 Å². The molecular formula is C29H31F2N3O3. The molecule has 0 N–H and O–H groups in total. The fraction of sp³-hybridized carbons (Fsp3) is 0.448. The minimum Gasteiger partial charge on any atom is -0.301 e. The Morgan fingerprint density at radius 2 is 1.30 bits per heavy atom. The van der Waals surface area contributed by atoms with E-state index in [9.17, 15) is 18.4 Å².